The lowest BCUT2D eigenvalue weighted by Gasteiger charge is -2.27. The van der Waals surface area contributed by atoms with E-state index in [1.807, 2.05) is 60.7 Å². The van der Waals surface area contributed by atoms with Crippen LogP contribution in [0.3, 0.4) is 0 Å². The van der Waals surface area contributed by atoms with Crippen molar-refractivity contribution in [3.05, 3.63) is 95.6 Å². The van der Waals surface area contributed by atoms with Gasteiger partial charge in [0.2, 0.25) is 0 Å². The molecule has 1 heterocycles. The summed E-state index contributed by atoms with van der Waals surface area (Å²) in [6, 6.07) is 26.3. The maximum Gasteiger partial charge on any atom is 0.277 e. The minimum Gasteiger partial charge on any atom is -0.485 e. The Morgan fingerprint density at radius 2 is 1.80 bits per heavy atom. The van der Waals surface area contributed by atoms with Gasteiger partial charge in [0, 0.05) is 12.0 Å². The van der Waals surface area contributed by atoms with Gasteiger partial charge in [0.05, 0.1) is 11.3 Å². The molecule has 1 amide bonds. The Morgan fingerprint density at radius 1 is 1.07 bits per heavy atom. The van der Waals surface area contributed by atoms with E-state index in [9.17, 15) is 4.79 Å². The molecule has 0 saturated heterocycles. The van der Waals surface area contributed by atoms with E-state index in [0.29, 0.717) is 17.7 Å². The molecule has 0 bridgehead atoms. The van der Waals surface area contributed by atoms with Gasteiger partial charge in [-0.15, -0.1) is 0 Å². The fraction of sp³-hybridized carbons (Fsp3) is 0.125. The average Bonchev–Trinajstić information content (AvgIpc) is 2.81. The number of para-hydroxylation sites is 2. The predicted molar refractivity (Wildman–Crippen MR) is 112 cm³/mol. The van der Waals surface area contributed by atoms with Crippen molar-refractivity contribution >= 4 is 11.6 Å². The molecular weight excluding hydrogens is 378 g/mol. The molecule has 1 N–H and O–H groups in total. The molecule has 3 aromatic rings. The minimum absolute atomic E-state index is 0.185. The Labute approximate surface area is 174 Å². The van der Waals surface area contributed by atoms with Crippen LogP contribution in [-0.4, -0.2) is 18.2 Å². The van der Waals surface area contributed by atoms with Crippen molar-refractivity contribution in [2.24, 2.45) is 5.10 Å². The number of rotatable bonds is 5. The molecule has 4 rings (SSSR count). The number of hydrogen-bond donors (Lipinski definition) is 1. The first kappa shape index (κ1) is 19.2. The van der Waals surface area contributed by atoms with Gasteiger partial charge in [0.15, 0.2) is 6.61 Å². The Balaban J connectivity index is 1.47. The van der Waals surface area contributed by atoms with Gasteiger partial charge in [-0.3, -0.25) is 4.79 Å². The number of nitrogens with one attached hydrogen (secondary N) is 1. The van der Waals surface area contributed by atoms with Crippen LogP contribution in [0.1, 0.15) is 29.2 Å². The monoisotopic (exact) mass is 397 g/mol. The van der Waals surface area contributed by atoms with Crippen molar-refractivity contribution in [2.75, 3.05) is 6.61 Å². The van der Waals surface area contributed by atoms with E-state index in [1.165, 1.54) is 0 Å². The molecule has 0 aromatic heterocycles. The molecule has 1 aliphatic rings. The first-order valence-corrected chi connectivity index (χ1v) is 9.53. The smallest absolute Gasteiger partial charge is 0.277 e. The first-order chi connectivity index (χ1) is 14.7. The van der Waals surface area contributed by atoms with Crippen LogP contribution in [0.25, 0.3) is 0 Å². The van der Waals surface area contributed by atoms with Crippen molar-refractivity contribution < 1.29 is 14.3 Å². The number of hydrazone groups is 1. The van der Waals surface area contributed by atoms with Crippen LogP contribution in [0.4, 0.5) is 0 Å². The summed E-state index contributed by atoms with van der Waals surface area (Å²) in [7, 11) is 0. The molecule has 1 atom stereocenters. The molecule has 3 aromatic carbocycles. The number of ether oxygens (including phenoxy) is 2. The highest BCUT2D eigenvalue weighted by Crippen LogP contribution is 2.34. The molecule has 0 radical (unpaired) electrons. The highest BCUT2D eigenvalue weighted by Gasteiger charge is 2.26. The van der Waals surface area contributed by atoms with Crippen LogP contribution in [0.15, 0.2) is 84.0 Å². The summed E-state index contributed by atoms with van der Waals surface area (Å²) in [6.07, 6.45) is 0.342. The van der Waals surface area contributed by atoms with Gasteiger partial charge in [-0.25, -0.2) is 5.43 Å². The molecule has 0 spiro atoms. The number of fused-ring (bicyclic) bond motifs is 1. The fourth-order valence-electron chi connectivity index (χ4n) is 3.24. The largest absolute Gasteiger partial charge is 0.485 e. The number of benzene rings is 3. The van der Waals surface area contributed by atoms with Crippen molar-refractivity contribution in [3.8, 4) is 17.6 Å². The van der Waals surface area contributed by atoms with Crippen molar-refractivity contribution in [2.45, 2.75) is 12.5 Å². The molecule has 0 unspecified atom stereocenters. The lowest BCUT2D eigenvalue weighted by atomic mass is 9.96. The molecule has 0 saturated carbocycles. The third kappa shape index (κ3) is 4.31. The van der Waals surface area contributed by atoms with Crippen LogP contribution >= 0.6 is 0 Å². The van der Waals surface area contributed by atoms with Gasteiger partial charge in [-0.2, -0.15) is 10.4 Å². The Bertz CT molecular complexity index is 1120. The third-order valence-corrected chi connectivity index (χ3v) is 4.70. The van der Waals surface area contributed by atoms with Crippen LogP contribution in [0.2, 0.25) is 0 Å². The standard InChI is InChI=1S/C24H19N3O3/c25-15-18-10-4-6-12-21(18)29-16-24(28)27-26-20-14-23(17-8-2-1-3-9-17)30-22-13-7-5-11-19(20)22/h1-13,23H,14,16H2,(H,27,28)/t23-/m0/s1. The summed E-state index contributed by atoms with van der Waals surface area (Å²) in [5.41, 5.74) is 5.56. The van der Waals surface area contributed by atoms with Gasteiger partial charge in [-0.05, 0) is 29.8 Å². The third-order valence-electron chi connectivity index (χ3n) is 4.70. The second-order valence-corrected chi connectivity index (χ2v) is 6.71. The van der Waals surface area contributed by atoms with Crippen molar-refractivity contribution in [1.29, 1.82) is 5.26 Å². The second kappa shape index (κ2) is 8.93. The van der Waals surface area contributed by atoms with Gasteiger partial charge in [0.1, 0.15) is 23.7 Å². The van der Waals surface area contributed by atoms with E-state index >= 15 is 0 Å². The Hall–Kier alpha value is -4.11. The molecule has 30 heavy (non-hydrogen) atoms. The molecular formula is C24H19N3O3. The number of amides is 1. The summed E-state index contributed by atoms with van der Waals surface area (Å²) in [4.78, 5) is 12.3. The highest BCUT2D eigenvalue weighted by atomic mass is 16.5. The van der Waals surface area contributed by atoms with E-state index < -0.39 is 5.91 Å². The van der Waals surface area contributed by atoms with Crippen LogP contribution < -0.4 is 14.9 Å². The van der Waals surface area contributed by atoms with Gasteiger partial charge in [0.25, 0.3) is 5.91 Å². The van der Waals surface area contributed by atoms with Gasteiger partial charge < -0.3 is 9.47 Å². The number of hydrogen-bond acceptors (Lipinski definition) is 5. The molecule has 148 valence electrons. The molecule has 0 fully saturated rings. The Morgan fingerprint density at radius 3 is 2.63 bits per heavy atom. The summed E-state index contributed by atoms with van der Waals surface area (Å²) in [5.74, 6) is 0.684. The van der Waals surface area contributed by atoms with Crippen LogP contribution in [0.5, 0.6) is 11.5 Å². The lowest BCUT2D eigenvalue weighted by molar-refractivity contribution is -0.123. The summed E-state index contributed by atoms with van der Waals surface area (Å²) in [6.45, 7) is -0.240. The highest BCUT2D eigenvalue weighted by molar-refractivity contribution is 6.04. The second-order valence-electron chi connectivity index (χ2n) is 6.71. The number of carbonyl (C=O) groups is 1. The van der Waals surface area contributed by atoms with E-state index in [4.69, 9.17) is 14.7 Å². The summed E-state index contributed by atoms with van der Waals surface area (Å²) in [5, 5.41) is 13.5. The quantitative estimate of drug-likeness (QED) is 0.660. The molecule has 1 aliphatic heterocycles. The minimum atomic E-state index is -0.407. The number of nitriles is 1. The fourth-order valence-corrected chi connectivity index (χ4v) is 3.24. The zero-order valence-electron chi connectivity index (χ0n) is 16.1. The van der Waals surface area contributed by atoms with Crippen LogP contribution in [0, 0.1) is 11.3 Å². The van der Waals surface area contributed by atoms with E-state index in [0.717, 1.165) is 22.6 Å². The van der Waals surface area contributed by atoms with E-state index in [-0.39, 0.29) is 12.7 Å². The van der Waals surface area contributed by atoms with Crippen molar-refractivity contribution in [1.82, 2.24) is 5.43 Å². The molecule has 0 aliphatic carbocycles. The summed E-state index contributed by atoms with van der Waals surface area (Å²) >= 11 is 0. The SMILES string of the molecule is N#Cc1ccccc1OCC(=O)NN=C1C[C@@H](c2ccccc2)Oc2ccccc21. The maximum atomic E-state index is 12.3. The molecule has 6 heteroatoms. The van der Waals surface area contributed by atoms with E-state index in [1.54, 1.807) is 24.3 Å². The van der Waals surface area contributed by atoms with Crippen LogP contribution in [-0.2, 0) is 4.79 Å². The predicted octanol–water partition coefficient (Wildman–Crippen LogP) is 3.98. The number of carbonyl (C=O) groups excluding carboxylic acids is 1. The Kier molecular flexibility index (Phi) is 5.72. The first-order valence-electron chi connectivity index (χ1n) is 9.53. The van der Waals surface area contributed by atoms with Crippen molar-refractivity contribution in [3.63, 3.8) is 0 Å². The number of nitrogens with zero attached hydrogens (tertiary/aromatic N) is 2. The average molecular weight is 397 g/mol. The van der Waals surface area contributed by atoms with Gasteiger partial charge >= 0.3 is 0 Å². The van der Waals surface area contributed by atoms with E-state index in [2.05, 4.69) is 10.5 Å². The maximum absolute atomic E-state index is 12.3. The zero-order chi connectivity index (χ0) is 20.8. The van der Waals surface area contributed by atoms with Gasteiger partial charge in [-0.1, -0.05) is 54.6 Å². The zero-order valence-corrected chi connectivity index (χ0v) is 16.1. The normalized spacial score (nSPS) is 16.1. The topological polar surface area (TPSA) is 83.7 Å². The molecule has 6 nitrogen and oxygen atoms in total. The summed E-state index contributed by atoms with van der Waals surface area (Å²) < 4.78 is 11.6. The lowest BCUT2D eigenvalue weighted by Crippen LogP contribution is -2.28.